The number of carboxylic acid groups (broad SMARTS) is 1. The fourth-order valence-electron chi connectivity index (χ4n) is 4.05. The number of benzene rings is 2. The van der Waals surface area contributed by atoms with Crippen molar-refractivity contribution in [2.75, 3.05) is 13.2 Å². The maximum Gasteiger partial charge on any atom is 0.326 e. The molecule has 11 nitrogen and oxygen atoms in total. The van der Waals surface area contributed by atoms with Crippen molar-refractivity contribution in [3.63, 3.8) is 0 Å². The molecule has 1 fully saturated rings. The minimum Gasteiger partial charge on any atom is -0.508 e. The first-order valence-corrected chi connectivity index (χ1v) is 12.1. The summed E-state index contributed by atoms with van der Waals surface area (Å²) in [6.45, 7) is -0.0906. The van der Waals surface area contributed by atoms with Gasteiger partial charge in [0.2, 0.25) is 17.7 Å². The molecular weight excluding hydrogens is 480 g/mol. The standard InChI is InChI=1S/C26H32N4O7/c31-15-22(25(35)29-21(26(36)37)14-16-5-2-1-3-6-16)30-24(34)20(13-17-8-10-18(32)11-9-17)28-23(33)19-7-4-12-27-19/h1-3,5-6,8-11,19-22,27,31-32H,4,7,12-15H2,(H,28,33)(H,29,35)(H,30,34)(H,36,37). The van der Waals surface area contributed by atoms with Gasteiger partial charge >= 0.3 is 5.97 Å². The van der Waals surface area contributed by atoms with Crippen LogP contribution in [0.3, 0.4) is 0 Å². The number of aliphatic hydroxyl groups excluding tert-OH is 1. The summed E-state index contributed by atoms with van der Waals surface area (Å²) in [4.78, 5) is 50.4. The van der Waals surface area contributed by atoms with Crippen LogP contribution < -0.4 is 21.3 Å². The minimum atomic E-state index is -1.44. The summed E-state index contributed by atoms with van der Waals surface area (Å²) in [7, 11) is 0. The first-order chi connectivity index (χ1) is 17.8. The first kappa shape index (κ1) is 27.6. The molecule has 0 spiro atoms. The van der Waals surface area contributed by atoms with Crippen LogP contribution in [0.1, 0.15) is 24.0 Å². The number of hydrogen-bond acceptors (Lipinski definition) is 7. The van der Waals surface area contributed by atoms with Crippen molar-refractivity contribution in [1.82, 2.24) is 21.3 Å². The van der Waals surface area contributed by atoms with Crippen LogP contribution in [0.5, 0.6) is 5.75 Å². The van der Waals surface area contributed by atoms with Crippen molar-refractivity contribution >= 4 is 23.7 Å². The molecule has 0 aromatic heterocycles. The Morgan fingerprint density at radius 3 is 2.03 bits per heavy atom. The Labute approximate surface area is 214 Å². The van der Waals surface area contributed by atoms with Crippen LogP contribution >= 0.6 is 0 Å². The Bertz CT molecular complexity index is 1070. The van der Waals surface area contributed by atoms with E-state index in [1.54, 1.807) is 42.5 Å². The van der Waals surface area contributed by atoms with Gasteiger partial charge in [0.1, 0.15) is 23.9 Å². The zero-order valence-electron chi connectivity index (χ0n) is 20.2. The number of aliphatic carboxylic acids is 1. The van der Waals surface area contributed by atoms with Crippen molar-refractivity contribution in [3.8, 4) is 5.75 Å². The van der Waals surface area contributed by atoms with Gasteiger partial charge in [-0.05, 0) is 42.6 Å². The number of phenols is 1. The molecule has 0 saturated carbocycles. The van der Waals surface area contributed by atoms with Gasteiger partial charge in [-0.1, -0.05) is 42.5 Å². The van der Waals surface area contributed by atoms with Gasteiger partial charge in [0, 0.05) is 12.8 Å². The number of aliphatic hydroxyl groups is 1. The molecule has 198 valence electrons. The fourth-order valence-corrected chi connectivity index (χ4v) is 4.05. The second-order valence-electron chi connectivity index (χ2n) is 8.91. The summed E-state index contributed by atoms with van der Waals surface area (Å²) >= 11 is 0. The summed E-state index contributed by atoms with van der Waals surface area (Å²) in [5.41, 5.74) is 1.34. The molecule has 2 aromatic rings. The van der Waals surface area contributed by atoms with Crippen molar-refractivity contribution in [3.05, 3.63) is 65.7 Å². The lowest BCUT2D eigenvalue weighted by Crippen LogP contribution is -2.58. The van der Waals surface area contributed by atoms with Crippen LogP contribution in [-0.2, 0) is 32.0 Å². The van der Waals surface area contributed by atoms with E-state index < -0.39 is 48.6 Å². The van der Waals surface area contributed by atoms with E-state index in [2.05, 4.69) is 21.3 Å². The highest BCUT2D eigenvalue weighted by atomic mass is 16.4. The summed E-state index contributed by atoms with van der Waals surface area (Å²) in [6, 6.07) is 10.6. The Hall–Kier alpha value is -3.96. The monoisotopic (exact) mass is 512 g/mol. The molecule has 4 atom stereocenters. The quantitative estimate of drug-likeness (QED) is 0.198. The second-order valence-corrected chi connectivity index (χ2v) is 8.91. The van der Waals surface area contributed by atoms with E-state index in [4.69, 9.17) is 0 Å². The Morgan fingerprint density at radius 2 is 1.43 bits per heavy atom. The number of nitrogens with one attached hydrogen (secondary N) is 4. The van der Waals surface area contributed by atoms with Gasteiger partial charge in [0.15, 0.2) is 0 Å². The van der Waals surface area contributed by atoms with Gasteiger partial charge in [-0.3, -0.25) is 14.4 Å². The van der Waals surface area contributed by atoms with E-state index >= 15 is 0 Å². The number of carbonyl (C=O) groups excluding carboxylic acids is 3. The molecule has 0 bridgehead atoms. The number of carboxylic acids is 1. The highest BCUT2D eigenvalue weighted by Gasteiger charge is 2.31. The molecule has 4 unspecified atom stereocenters. The van der Waals surface area contributed by atoms with E-state index in [0.717, 1.165) is 6.42 Å². The van der Waals surface area contributed by atoms with Crippen molar-refractivity contribution in [2.45, 2.75) is 49.9 Å². The molecule has 11 heteroatoms. The smallest absolute Gasteiger partial charge is 0.326 e. The number of hydrogen-bond donors (Lipinski definition) is 7. The van der Waals surface area contributed by atoms with Crippen LogP contribution in [0.25, 0.3) is 0 Å². The molecule has 3 amide bonds. The van der Waals surface area contributed by atoms with E-state index in [-0.39, 0.29) is 24.5 Å². The van der Waals surface area contributed by atoms with E-state index in [9.17, 15) is 34.5 Å². The molecule has 0 aliphatic carbocycles. The fraction of sp³-hybridized carbons (Fsp3) is 0.385. The molecule has 1 aliphatic heterocycles. The number of carbonyl (C=O) groups is 4. The summed E-state index contributed by atoms with van der Waals surface area (Å²) in [6.07, 6.45) is 1.53. The van der Waals surface area contributed by atoms with Crippen LogP contribution in [0.4, 0.5) is 0 Å². The van der Waals surface area contributed by atoms with E-state index in [0.29, 0.717) is 24.1 Å². The summed E-state index contributed by atoms with van der Waals surface area (Å²) in [5, 5.41) is 39.4. The maximum atomic E-state index is 13.1. The van der Waals surface area contributed by atoms with Crippen molar-refractivity contribution in [1.29, 1.82) is 0 Å². The van der Waals surface area contributed by atoms with Gasteiger partial charge in [0.25, 0.3) is 0 Å². The predicted octanol–water partition coefficient (Wildman–Crippen LogP) is -0.539. The average Bonchev–Trinajstić information content (AvgIpc) is 3.43. The number of phenolic OH excluding ortho intramolecular Hbond substituents is 1. The van der Waals surface area contributed by atoms with Crippen LogP contribution in [0.2, 0.25) is 0 Å². The summed E-state index contributed by atoms with van der Waals surface area (Å²) < 4.78 is 0. The predicted molar refractivity (Wildman–Crippen MR) is 133 cm³/mol. The number of aromatic hydroxyl groups is 1. The third-order valence-electron chi connectivity index (χ3n) is 6.10. The molecule has 1 aliphatic rings. The van der Waals surface area contributed by atoms with Crippen LogP contribution in [0, 0.1) is 0 Å². The van der Waals surface area contributed by atoms with Crippen molar-refractivity contribution < 1.29 is 34.5 Å². The molecular formula is C26H32N4O7. The number of rotatable bonds is 12. The Balaban J connectivity index is 1.69. The van der Waals surface area contributed by atoms with E-state index in [1.807, 2.05) is 0 Å². The maximum absolute atomic E-state index is 13.1. The highest BCUT2D eigenvalue weighted by Crippen LogP contribution is 2.13. The topological polar surface area (TPSA) is 177 Å². The minimum absolute atomic E-state index is 0.0158. The SMILES string of the molecule is O=C(O)C(Cc1ccccc1)NC(=O)C(CO)NC(=O)C(Cc1ccc(O)cc1)NC(=O)C1CCCN1. The Morgan fingerprint density at radius 1 is 0.838 bits per heavy atom. The molecule has 3 rings (SSSR count). The number of amides is 3. The molecule has 37 heavy (non-hydrogen) atoms. The zero-order valence-corrected chi connectivity index (χ0v) is 20.2. The lowest BCUT2D eigenvalue weighted by Gasteiger charge is -2.24. The molecule has 7 N–H and O–H groups in total. The largest absolute Gasteiger partial charge is 0.508 e. The lowest BCUT2D eigenvalue weighted by molar-refractivity contribution is -0.142. The van der Waals surface area contributed by atoms with Crippen LogP contribution in [-0.4, -0.2) is 76.3 Å². The normalized spacial score (nSPS) is 17.3. The summed E-state index contributed by atoms with van der Waals surface area (Å²) in [5.74, 6) is -3.17. The third-order valence-corrected chi connectivity index (χ3v) is 6.10. The van der Waals surface area contributed by atoms with Gasteiger partial charge in [-0.25, -0.2) is 4.79 Å². The lowest BCUT2D eigenvalue weighted by atomic mass is 10.0. The van der Waals surface area contributed by atoms with Gasteiger partial charge < -0.3 is 36.6 Å². The molecule has 2 aromatic carbocycles. The molecule has 1 heterocycles. The zero-order chi connectivity index (χ0) is 26.8. The second kappa shape index (κ2) is 13.4. The molecule has 0 radical (unpaired) electrons. The third kappa shape index (κ3) is 8.29. The highest BCUT2D eigenvalue weighted by molar-refractivity contribution is 5.94. The first-order valence-electron chi connectivity index (χ1n) is 12.1. The van der Waals surface area contributed by atoms with Gasteiger partial charge in [-0.15, -0.1) is 0 Å². The van der Waals surface area contributed by atoms with Gasteiger partial charge in [0.05, 0.1) is 12.6 Å². The Kier molecular flexibility index (Phi) is 9.99. The van der Waals surface area contributed by atoms with Crippen molar-refractivity contribution in [2.24, 2.45) is 0 Å². The average molecular weight is 513 g/mol. The van der Waals surface area contributed by atoms with E-state index in [1.165, 1.54) is 12.1 Å². The van der Waals surface area contributed by atoms with Gasteiger partial charge in [-0.2, -0.15) is 0 Å². The molecule has 1 saturated heterocycles. The van der Waals surface area contributed by atoms with Crippen LogP contribution in [0.15, 0.2) is 54.6 Å².